The van der Waals surface area contributed by atoms with E-state index in [0.29, 0.717) is 11.6 Å². The predicted octanol–water partition coefficient (Wildman–Crippen LogP) is 5.65. The van der Waals surface area contributed by atoms with Gasteiger partial charge in [-0.3, -0.25) is 4.90 Å². The summed E-state index contributed by atoms with van der Waals surface area (Å²) in [6.45, 7) is 5.92. The molecule has 0 aliphatic heterocycles. The Balaban J connectivity index is 1.59. The van der Waals surface area contributed by atoms with Crippen LogP contribution in [0.15, 0.2) is 24.3 Å². The van der Waals surface area contributed by atoms with E-state index in [-0.39, 0.29) is 0 Å². The van der Waals surface area contributed by atoms with Gasteiger partial charge in [0.2, 0.25) is 0 Å². The van der Waals surface area contributed by atoms with Gasteiger partial charge in [0.1, 0.15) is 5.75 Å². The summed E-state index contributed by atoms with van der Waals surface area (Å²) >= 11 is 0. The van der Waals surface area contributed by atoms with Gasteiger partial charge < -0.3 is 4.74 Å². The van der Waals surface area contributed by atoms with Gasteiger partial charge in [0.15, 0.2) is 0 Å². The average molecular weight is 342 g/mol. The Labute approximate surface area is 153 Å². The summed E-state index contributed by atoms with van der Waals surface area (Å²) in [5, 5.41) is 0. The third-order valence-corrected chi connectivity index (χ3v) is 7.37. The van der Waals surface area contributed by atoms with Gasteiger partial charge in [-0.2, -0.15) is 0 Å². The molecular weight excluding hydrogens is 306 g/mol. The first-order chi connectivity index (χ1) is 12.1. The van der Waals surface area contributed by atoms with Crippen molar-refractivity contribution in [2.24, 2.45) is 17.8 Å². The van der Waals surface area contributed by atoms with Crippen molar-refractivity contribution in [3.8, 4) is 5.75 Å². The quantitative estimate of drug-likeness (QED) is 0.635. The van der Waals surface area contributed by atoms with Crippen molar-refractivity contribution in [3.05, 3.63) is 29.8 Å². The van der Waals surface area contributed by atoms with E-state index >= 15 is 0 Å². The summed E-state index contributed by atoms with van der Waals surface area (Å²) in [6, 6.07) is 9.47. The number of rotatable bonds is 7. The van der Waals surface area contributed by atoms with Crippen molar-refractivity contribution >= 4 is 0 Å². The topological polar surface area (TPSA) is 12.5 Å². The number of benzene rings is 1. The number of ether oxygens (including phenoxy) is 1. The van der Waals surface area contributed by atoms with Gasteiger partial charge in [-0.1, -0.05) is 25.5 Å². The van der Waals surface area contributed by atoms with Crippen molar-refractivity contribution < 1.29 is 4.74 Å². The molecule has 1 aromatic rings. The lowest BCUT2D eigenvalue weighted by Gasteiger charge is -2.62. The standard InChI is InChI=1S/C23H35NO/c1-4-5-17(2)24(16-18-6-8-22(25-3)9-7-18)23-13-19-10-20(14-23)12-21(11-19)15-23/h6-9,17,19-21H,4-5,10-16H2,1-3H3. The molecule has 138 valence electrons. The SMILES string of the molecule is CCCC(C)N(Cc1ccc(OC)cc1)C12CC3CC(CC(C3)C1)C2. The maximum atomic E-state index is 5.35. The van der Waals surface area contributed by atoms with E-state index in [1.807, 2.05) is 0 Å². The molecule has 2 nitrogen and oxygen atoms in total. The average Bonchev–Trinajstić information content (AvgIpc) is 2.59. The number of nitrogens with zero attached hydrogens (tertiary/aromatic N) is 1. The first-order valence-electron chi connectivity index (χ1n) is 10.5. The summed E-state index contributed by atoms with van der Waals surface area (Å²) < 4.78 is 5.35. The molecule has 4 saturated carbocycles. The van der Waals surface area contributed by atoms with Crippen molar-refractivity contribution in [1.82, 2.24) is 4.90 Å². The molecule has 5 rings (SSSR count). The monoisotopic (exact) mass is 341 g/mol. The van der Waals surface area contributed by atoms with Gasteiger partial charge in [-0.05, 0) is 87.3 Å². The summed E-state index contributed by atoms with van der Waals surface area (Å²) in [5.74, 6) is 4.00. The van der Waals surface area contributed by atoms with Crippen molar-refractivity contribution in [3.63, 3.8) is 0 Å². The highest BCUT2D eigenvalue weighted by atomic mass is 16.5. The van der Waals surface area contributed by atoms with Crippen LogP contribution in [0.2, 0.25) is 0 Å². The third kappa shape index (κ3) is 3.35. The molecule has 4 bridgehead atoms. The van der Waals surface area contributed by atoms with Crippen LogP contribution in [0.1, 0.15) is 70.8 Å². The Hall–Kier alpha value is -1.02. The van der Waals surface area contributed by atoms with Crippen LogP contribution in [0.25, 0.3) is 0 Å². The van der Waals surface area contributed by atoms with Gasteiger partial charge in [0.05, 0.1) is 7.11 Å². The van der Waals surface area contributed by atoms with E-state index in [2.05, 4.69) is 43.0 Å². The van der Waals surface area contributed by atoms with Crippen LogP contribution < -0.4 is 4.74 Å². The minimum atomic E-state index is 0.489. The molecule has 1 atom stereocenters. The number of hydrogen-bond donors (Lipinski definition) is 0. The molecule has 0 amide bonds. The van der Waals surface area contributed by atoms with Crippen LogP contribution >= 0.6 is 0 Å². The normalized spacial score (nSPS) is 34.5. The molecule has 0 radical (unpaired) electrons. The molecule has 2 heteroatoms. The molecule has 4 aliphatic carbocycles. The first-order valence-corrected chi connectivity index (χ1v) is 10.5. The van der Waals surface area contributed by atoms with Crippen LogP contribution in [-0.2, 0) is 6.54 Å². The second kappa shape index (κ2) is 6.95. The molecule has 4 aliphatic rings. The Bertz CT molecular complexity index is 543. The smallest absolute Gasteiger partial charge is 0.118 e. The molecule has 25 heavy (non-hydrogen) atoms. The van der Waals surface area contributed by atoms with Crippen molar-refractivity contribution in [1.29, 1.82) is 0 Å². The Morgan fingerprint density at radius 2 is 1.60 bits per heavy atom. The largest absolute Gasteiger partial charge is 0.497 e. The predicted molar refractivity (Wildman–Crippen MR) is 104 cm³/mol. The molecular formula is C23H35NO. The van der Waals surface area contributed by atoms with Gasteiger partial charge in [-0.25, -0.2) is 0 Å². The Morgan fingerprint density at radius 3 is 2.08 bits per heavy atom. The van der Waals surface area contributed by atoms with Crippen molar-refractivity contribution in [2.45, 2.75) is 83.3 Å². The molecule has 0 N–H and O–H groups in total. The van der Waals surface area contributed by atoms with Gasteiger partial charge >= 0.3 is 0 Å². The van der Waals surface area contributed by atoms with Crippen LogP contribution in [0.4, 0.5) is 0 Å². The van der Waals surface area contributed by atoms with E-state index in [1.165, 1.54) is 56.9 Å². The highest BCUT2D eigenvalue weighted by Crippen LogP contribution is 2.58. The van der Waals surface area contributed by atoms with E-state index in [4.69, 9.17) is 4.74 Å². The second-order valence-corrected chi connectivity index (χ2v) is 9.26. The molecule has 4 fully saturated rings. The minimum Gasteiger partial charge on any atom is -0.497 e. The van der Waals surface area contributed by atoms with E-state index in [0.717, 1.165) is 30.0 Å². The highest BCUT2D eigenvalue weighted by molar-refractivity contribution is 5.27. The van der Waals surface area contributed by atoms with Crippen LogP contribution in [0, 0.1) is 17.8 Å². The highest BCUT2D eigenvalue weighted by Gasteiger charge is 2.54. The lowest BCUT2D eigenvalue weighted by molar-refractivity contribution is -0.107. The van der Waals surface area contributed by atoms with Gasteiger partial charge in [0, 0.05) is 18.1 Å². The third-order valence-electron chi connectivity index (χ3n) is 7.37. The zero-order valence-corrected chi connectivity index (χ0v) is 16.3. The van der Waals surface area contributed by atoms with E-state index < -0.39 is 0 Å². The molecule has 1 aromatic carbocycles. The minimum absolute atomic E-state index is 0.489. The van der Waals surface area contributed by atoms with Crippen LogP contribution in [-0.4, -0.2) is 23.6 Å². The van der Waals surface area contributed by atoms with Crippen molar-refractivity contribution in [2.75, 3.05) is 7.11 Å². The fraction of sp³-hybridized carbons (Fsp3) is 0.739. The Kier molecular flexibility index (Phi) is 4.83. The number of methoxy groups -OCH3 is 1. The Morgan fingerprint density at radius 1 is 1.04 bits per heavy atom. The van der Waals surface area contributed by atoms with Crippen LogP contribution in [0.5, 0.6) is 5.75 Å². The summed E-state index contributed by atoms with van der Waals surface area (Å²) in [6.07, 6.45) is 11.6. The van der Waals surface area contributed by atoms with Crippen LogP contribution in [0.3, 0.4) is 0 Å². The zero-order valence-electron chi connectivity index (χ0n) is 16.3. The second-order valence-electron chi connectivity index (χ2n) is 9.26. The van der Waals surface area contributed by atoms with E-state index in [9.17, 15) is 0 Å². The van der Waals surface area contributed by atoms with E-state index in [1.54, 1.807) is 7.11 Å². The fourth-order valence-electron chi connectivity index (χ4n) is 6.71. The lowest BCUT2D eigenvalue weighted by atomic mass is 9.52. The van der Waals surface area contributed by atoms with Gasteiger partial charge in [-0.15, -0.1) is 0 Å². The lowest BCUT2D eigenvalue weighted by Crippen LogP contribution is -2.61. The molecule has 0 heterocycles. The summed E-state index contributed by atoms with van der Waals surface area (Å²) in [4.78, 5) is 2.93. The molecule has 0 spiro atoms. The molecule has 1 unspecified atom stereocenters. The zero-order chi connectivity index (χ0) is 17.4. The maximum Gasteiger partial charge on any atom is 0.118 e. The first kappa shape index (κ1) is 17.4. The summed E-state index contributed by atoms with van der Waals surface area (Å²) in [7, 11) is 1.75. The molecule has 0 saturated heterocycles. The van der Waals surface area contributed by atoms with Gasteiger partial charge in [0.25, 0.3) is 0 Å². The maximum absolute atomic E-state index is 5.35. The fourth-order valence-corrected chi connectivity index (χ4v) is 6.71. The number of hydrogen-bond acceptors (Lipinski definition) is 2. The summed E-state index contributed by atoms with van der Waals surface area (Å²) in [5.41, 5.74) is 1.93. The molecule has 0 aromatic heterocycles.